The number of hydrogen-bond donors (Lipinski definition) is 4. The molecular formula is C28H29N3O4. The van der Waals surface area contributed by atoms with E-state index in [1.165, 1.54) is 0 Å². The van der Waals surface area contributed by atoms with Crippen LogP contribution in [-0.4, -0.2) is 28.6 Å². The fourth-order valence-electron chi connectivity index (χ4n) is 4.34. The van der Waals surface area contributed by atoms with Crippen molar-refractivity contribution in [3.8, 4) is 0 Å². The Bertz CT molecular complexity index is 1260. The first-order valence-electron chi connectivity index (χ1n) is 11.5. The monoisotopic (exact) mass is 471 g/mol. The maximum Gasteiger partial charge on any atom is 0.264 e. The van der Waals surface area contributed by atoms with Crippen molar-refractivity contribution in [2.75, 3.05) is 22.6 Å². The van der Waals surface area contributed by atoms with E-state index in [9.17, 15) is 14.7 Å². The summed E-state index contributed by atoms with van der Waals surface area (Å²) in [5.41, 5.74) is 7.66. The second-order valence-electron chi connectivity index (χ2n) is 8.68. The van der Waals surface area contributed by atoms with E-state index in [4.69, 9.17) is 10.8 Å². The summed E-state index contributed by atoms with van der Waals surface area (Å²) in [6.07, 6.45) is 3.99. The molecule has 1 aliphatic rings. The van der Waals surface area contributed by atoms with Gasteiger partial charge in [0, 0.05) is 35.0 Å². The fraction of sp³-hybridized carbons (Fsp3) is 0.214. The highest BCUT2D eigenvalue weighted by molar-refractivity contribution is 6.07. The number of anilines is 3. The molecule has 2 amide bonds. The van der Waals surface area contributed by atoms with E-state index >= 15 is 0 Å². The highest BCUT2D eigenvalue weighted by Crippen LogP contribution is 2.45. The lowest BCUT2D eigenvalue weighted by atomic mass is 9.83. The second kappa shape index (κ2) is 10.1. The lowest BCUT2D eigenvalue weighted by Gasteiger charge is -2.27. The molecule has 7 heteroatoms. The van der Waals surface area contributed by atoms with E-state index in [2.05, 4.69) is 5.32 Å². The van der Waals surface area contributed by atoms with Gasteiger partial charge in [-0.2, -0.15) is 0 Å². The Labute approximate surface area is 204 Å². The number of nitrogens with zero attached hydrogens (tertiary/aromatic N) is 1. The molecule has 2 atom stereocenters. The van der Waals surface area contributed by atoms with E-state index < -0.39 is 17.4 Å². The number of amides is 2. The molecule has 35 heavy (non-hydrogen) atoms. The molecule has 0 radical (unpaired) electrons. The van der Waals surface area contributed by atoms with Crippen LogP contribution in [0.15, 0.2) is 84.9 Å². The van der Waals surface area contributed by atoms with Gasteiger partial charge in [-0.05, 0) is 54.4 Å². The number of aliphatic hydroxyl groups excluding tert-OH is 1. The fourth-order valence-corrected chi connectivity index (χ4v) is 4.34. The molecule has 5 N–H and O–H groups in total. The standard InChI is InChI=1S/C28H29N3O4/c1-19(7-4-5-16-32)28(35)24-10-2-3-11-25(24)31(27(28)34)18-20-8-6-9-23(17-20)30-26(33)21-12-14-22(29)15-13-21/h2-4,6-15,17,19,32,35H,5,16,18,29H2,1H3,(H,30,33)/b7-4+/t19-,28+/m0/s1. The van der Waals surface area contributed by atoms with Gasteiger partial charge in [0.1, 0.15) is 0 Å². The Morgan fingerprint density at radius 2 is 1.86 bits per heavy atom. The highest BCUT2D eigenvalue weighted by atomic mass is 16.3. The van der Waals surface area contributed by atoms with Gasteiger partial charge in [-0.25, -0.2) is 0 Å². The summed E-state index contributed by atoms with van der Waals surface area (Å²) in [7, 11) is 0. The van der Waals surface area contributed by atoms with Crippen LogP contribution in [0.4, 0.5) is 17.1 Å². The lowest BCUT2D eigenvalue weighted by Crippen LogP contribution is -2.44. The van der Waals surface area contributed by atoms with Crippen molar-refractivity contribution < 1.29 is 19.8 Å². The van der Waals surface area contributed by atoms with Gasteiger partial charge in [0.05, 0.1) is 12.2 Å². The van der Waals surface area contributed by atoms with Crippen molar-refractivity contribution in [2.45, 2.75) is 25.5 Å². The number of fused-ring (bicyclic) bond motifs is 1. The third-order valence-electron chi connectivity index (χ3n) is 6.25. The highest BCUT2D eigenvalue weighted by Gasteiger charge is 2.52. The zero-order valence-corrected chi connectivity index (χ0v) is 19.5. The number of carbonyl (C=O) groups excluding carboxylic acids is 2. The van der Waals surface area contributed by atoms with Crippen molar-refractivity contribution in [1.82, 2.24) is 0 Å². The van der Waals surface area contributed by atoms with Gasteiger partial charge in [-0.3, -0.25) is 9.59 Å². The van der Waals surface area contributed by atoms with Crippen LogP contribution in [0, 0.1) is 5.92 Å². The Hall–Kier alpha value is -3.94. The van der Waals surface area contributed by atoms with Crippen LogP contribution in [0.1, 0.15) is 34.8 Å². The first-order chi connectivity index (χ1) is 16.8. The summed E-state index contributed by atoms with van der Waals surface area (Å²) >= 11 is 0. The summed E-state index contributed by atoms with van der Waals surface area (Å²) in [6.45, 7) is 2.03. The zero-order valence-electron chi connectivity index (χ0n) is 19.5. The molecule has 0 saturated heterocycles. The van der Waals surface area contributed by atoms with Crippen LogP contribution < -0.4 is 16.0 Å². The molecule has 7 nitrogen and oxygen atoms in total. The maximum atomic E-state index is 13.6. The topological polar surface area (TPSA) is 116 Å². The van der Waals surface area contributed by atoms with Gasteiger partial charge in [0.25, 0.3) is 11.8 Å². The largest absolute Gasteiger partial charge is 0.399 e. The van der Waals surface area contributed by atoms with Crippen LogP contribution >= 0.6 is 0 Å². The SMILES string of the molecule is C[C@@H](/C=C/CCO)[C@]1(O)C(=O)N(Cc2cccc(NC(=O)c3ccc(N)cc3)c2)c2ccccc21. The maximum absolute atomic E-state index is 13.6. The molecular weight excluding hydrogens is 442 g/mol. The minimum atomic E-state index is -1.70. The van der Waals surface area contributed by atoms with Crippen molar-refractivity contribution >= 4 is 28.9 Å². The van der Waals surface area contributed by atoms with E-state index in [-0.39, 0.29) is 19.1 Å². The molecule has 0 saturated carbocycles. The minimum Gasteiger partial charge on any atom is -0.399 e. The molecule has 0 unspecified atom stereocenters. The lowest BCUT2D eigenvalue weighted by molar-refractivity contribution is -0.139. The van der Waals surface area contributed by atoms with Crippen LogP contribution in [0.25, 0.3) is 0 Å². The Morgan fingerprint density at radius 3 is 2.60 bits per heavy atom. The number of para-hydroxylation sites is 1. The summed E-state index contributed by atoms with van der Waals surface area (Å²) in [5.74, 6) is -1.16. The van der Waals surface area contributed by atoms with E-state index in [0.29, 0.717) is 34.6 Å². The minimum absolute atomic E-state index is 0.00349. The van der Waals surface area contributed by atoms with Crippen molar-refractivity contribution in [2.24, 2.45) is 5.92 Å². The number of rotatable bonds is 8. The molecule has 180 valence electrons. The van der Waals surface area contributed by atoms with Crippen LogP contribution in [0.3, 0.4) is 0 Å². The molecule has 4 rings (SSSR count). The van der Waals surface area contributed by atoms with Crippen LogP contribution in [-0.2, 0) is 16.9 Å². The Morgan fingerprint density at radius 1 is 1.11 bits per heavy atom. The van der Waals surface area contributed by atoms with Gasteiger partial charge in [0.2, 0.25) is 0 Å². The number of aliphatic hydroxyl groups is 2. The van der Waals surface area contributed by atoms with Crippen molar-refractivity contribution in [1.29, 1.82) is 0 Å². The zero-order chi connectivity index (χ0) is 25.0. The average Bonchev–Trinajstić information content (AvgIpc) is 3.07. The van der Waals surface area contributed by atoms with Gasteiger partial charge >= 0.3 is 0 Å². The normalized spacial score (nSPS) is 18.0. The van der Waals surface area contributed by atoms with Gasteiger partial charge < -0.3 is 26.2 Å². The molecule has 3 aromatic carbocycles. The Kier molecular flexibility index (Phi) is 7.00. The number of nitrogens with one attached hydrogen (secondary N) is 1. The third kappa shape index (κ3) is 4.82. The average molecular weight is 472 g/mol. The molecule has 0 aromatic heterocycles. The number of benzene rings is 3. The number of nitrogens with two attached hydrogens (primary N) is 1. The molecule has 0 spiro atoms. The van der Waals surface area contributed by atoms with E-state index in [1.807, 2.05) is 30.3 Å². The first-order valence-corrected chi connectivity index (χ1v) is 11.5. The molecule has 0 aliphatic carbocycles. The molecule has 0 bridgehead atoms. The Balaban J connectivity index is 1.57. The van der Waals surface area contributed by atoms with Gasteiger partial charge in [0.15, 0.2) is 5.60 Å². The van der Waals surface area contributed by atoms with Gasteiger partial charge in [-0.15, -0.1) is 0 Å². The summed E-state index contributed by atoms with van der Waals surface area (Å²) in [6, 6.07) is 21.2. The van der Waals surface area contributed by atoms with E-state index in [1.54, 1.807) is 66.4 Å². The summed E-state index contributed by atoms with van der Waals surface area (Å²) in [5, 5.41) is 23.5. The predicted octanol–water partition coefficient (Wildman–Crippen LogP) is 3.83. The molecule has 1 aliphatic heterocycles. The number of nitrogen functional groups attached to an aromatic ring is 1. The number of hydrogen-bond acceptors (Lipinski definition) is 5. The molecule has 1 heterocycles. The summed E-state index contributed by atoms with van der Waals surface area (Å²) < 4.78 is 0. The second-order valence-corrected chi connectivity index (χ2v) is 8.68. The summed E-state index contributed by atoms with van der Waals surface area (Å²) in [4.78, 5) is 27.7. The first kappa shape index (κ1) is 24.2. The molecule has 3 aromatic rings. The predicted molar refractivity (Wildman–Crippen MR) is 137 cm³/mol. The molecule has 0 fully saturated rings. The van der Waals surface area contributed by atoms with Crippen molar-refractivity contribution in [3.63, 3.8) is 0 Å². The number of carbonyl (C=O) groups is 2. The third-order valence-corrected chi connectivity index (χ3v) is 6.25. The smallest absolute Gasteiger partial charge is 0.264 e. The van der Waals surface area contributed by atoms with Crippen LogP contribution in [0.5, 0.6) is 0 Å². The van der Waals surface area contributed by atoms with Crippen LogP contribution in [0.2, 0.25) is 0 Å². The van der Waals surface area contributed by atoms with E-state index in [0.717, 1.165) is 5.56 Å². The van der Waals surface area contributed by atoms with Crippen molar-refractivity contribution in [3.05, 3.63) is 102 Å². The van der Waals surface area contributed by atoms with Gasteiger partial charge in [-0.1, -0.05) is 49.4 Å². The quantitative estimate of drug-likeness (QED) is 0.294.